The van der Waals surface area contributed by atoms with Gasteiger partial charge in [-0.3, -0.25) is 0 Å². The Morgan fingerprint density at radius 3 is 1.14 bits per heavy atom. The molecule has 12 heteroatoms. The Bertz CT molecular complexity index is 4140. The zero-order chi connectivity index (χ0) is 74.6. The molecule has 8 aromatic rings. The Morgan fingerprint density at radius 2 is 0.729 bits per heavy atom. The van der Waals surface area contributed by atoms with E-state index in [2.05, 4.69) is 202 Å². The molecular weight excluding hydrogens is 1340 g/mol. The molecule has 4 aromatic carbocycles. The van der Waals surface area contributed by atoms with Crippen LogP contribution in [0.3, 0.4) is 0 Å². The molecule has 8 bridgehead atoms. The molecule has 568 valence electrons. The number of nitrogens with one attached hydrogen (secondary N) is 2. The summed E-state index contributed by atoms with van der Waals surface area (Å²) >= 11 is 1.16. The van der Waals surface area contributed by atoms with Crippen molar-refractivity contribution in [2.24, 2.45) is 0 Å². The van der Waals surface area contributed by atoms with Gasteiger partial charge in [-0.15, -0.1) is 11.3 Å². The topological polar surface area (TPSA) is 135 Å². The van der Waals surface area contributed by atoms with Crippen molar-refractivity contribution in [3.63, 3.8) is 0 Å². The summed E-state index contributed by atoms with van der Waals surface area (Å²) < 4.78 is 28.3. The SMILES string of the molecule is CCCCCCCCOc1cccc(OCCCCCCCC)c1-c1c2nc(c(N(c3ccc(CCCCCC)cc3)c3ccc(CCCCCC)cc3)c3ccc([nH]3)c(-c3c(OCCCCCCCC)cccc3OCCCCCCCC)c3nc(c(C#Cc4ccc(C(=O)O)s4)c4ccc1[nH]4)C=C3)C=C2. The molecule has 2 aliphatic rings. The lowest BCUT2D eigenvalue weighted by Crippen LogP contribution is -2.12. The number of H-pyrrole nitrogens is 2. The molecule has 10 rings (SSSR count). The third kappa shape index (κ3) is 23.6. The molecular formula is C95H121N5O6S. The van der Waals surface area contributed by atoms with Crippen LogP contribution in [0.4, 0.5) is 17.1 Å². The van der Waals surface area contributed by atoms with Gasteiger partial charge >= 0.3 is 5.97 Å². The van der Waals surface area contributed by atoms with E-state index in [0.29, 0.717) is 48.3 Å². The predicted molar refractivity (Wildman–Crippen MR) is 453 cm³/mol. The number of carboxylic acids is 1. The Kier molecular flexibility index (Phi) is 33.6. The Balaban J connectivity index is 1.30. The van der Waals surface area contributed by atoms with Crippen molar-refractivity contribution < 1.29 is 28.8 Å². The molecule has 3 N–H and O–H groups in total. The molecule has 0 fully saturated rings. The summed E-state index contributed by atoms with van der Waals surface area (Å²) in [7, 11) is 0. The molecule has 0 saturated heterocycles. The quantitative estimate of drug-likeness (QED) is 0.0252. The van der Waals surface area contributed by atoms with Crippen LogP contribution in [-0.4, -0.2) is 57.4 Å². The highest BCUT2D eigenvalue weighted by Crippen LogP contribution is 2.48. The van der Waals surface area contributed by atoms with Crippen LogP contribution in [0.2, 0.25) is 0 Å². The van der Waals surface area contributed by atoms with Gasteiger partial charge in [-0.25, -0.2) is 14.8 Å². The first-order valence-electron chi connectivity index (χ1n) is 41.5. The van der Waals surface area contributed by atoms with E-state index >= 15 is 0 Å². The number of aromatic nitrogens is 4. The van der Waals surface area contributed by atoms with Crippen molar-refractivity contribution in [2.75, 3.05) is 31.3 Å². The van der Waals surface area contributed by atoms with E-state index in [1.54, 1.807) is 12.1 Å². The largest absolute Gasteiger partial charge is 0.493 e. The minimum Gasteiger partial charge on any atom is -0.493 e. The lowest BCUT2D eigenvalue weighted by atomic mass is 10.0. The fourth-order valence-corrected chi connectivity index (χ4v) is 15.2. The maximum Gasteiger partial charge on any atom is 0.345 e. The van der Waals surface area contributed by atoms with Gasteiger partial charge in [-0.1, -0.05) is 257 Å². The minimum atomic E-state index is -0.987. The van der Waals surface area contributed by atoms with Gasteiger partial charge in [0.15, 0.2) is 0 Å². The highest BCUT2D eigenvalue weighted by atomic mass is 32.1. The van der Waals surface area contributed by atoms with Crippen LogP contribution in [0.25, 0.3) is 68.6 Å². The molecule has 0 saturated carbocycles. The number of aromatic amines is 2. The van der Waals surface area contributed by atoms with E-state index < -0.39 is 5.97 Å². The van der Waals surface area contributed by atoms with Gasteiger partial charge in [0.2, 0.25) is 0 Å². The van der Waals surface area contributed by atoms with E-state index in [1.165, 1.54) is 152 Å². The van der Waals surface area contributed by atoms with Crippen molar-refractivity contribution in [1.29, 1.82) is 0 Å². The Hall–Kier alpha value is -8.79. The average molecular weight is 1460 g/mol. The predicted octanol–water partition coefficient (Wildman–Crippen LogP) is 27.8. The van der Waals surface area contributed by atoms with Crippen molar-refractivity contribution >= 4 is 80.7 Å². The molecule has 107 heavy (non-hydrogen) atoms. The fourth-order valence-electron chi connectivity index (χ4n) is 14.5. The van der Waals surface area contributed by atoms with Gasteiger partial charge in [-0.05, 0) is 172 Å². The summed E-state index contributed by atoms with van der Waals surface area (Å²) in [4.78, 5) is 35.4. The van der Waals surface area contributed by atoms with Gasteiger partial charge in [0.1, 0.15) is 27.9 Å². The summed E-state index contributed by atoms with van der Waals surface area (Å²) in [5, 5.41) is 10.1. The number of aryl methyl sites for hydroxylation is 2. The van der Waals surface area contributed by atoms with E-state index in [4.69, 9.17) is 28.9 Å². The van der Waals surface area contributed by atoms with Gasteiger partial charge in [-0.2, -0.15) is 0 Å². The first-order valence-corrected chi connectivity index (χ1v) is 42.3. The third-order valence-electron chi connectivity index (χ3n) is 20.6. The Labute approximate surface area is 644 Å². The molecule has 0 spiro atoms. The second-order valence-electron chi connectivity index (χ2n) is 29.2. The maximum absolute atomic E-state index is 12.3. The number of rotatable bonds is 48. The molecule has 2 aliphatic heterocycles. The van der Waals surface area contributed by atoms with Crippen LogP contribution in [0.5, 0.6) is 23.0 Å². The van der Waals surface area contributed by atoms with Gasteiger partial charge in [0, 0.05) is 33.5 Å². The summed E-state index contributed by atoms with van der Waals surface area (Å²) in [6.07, 6.45) is 47.4. The molecule has 6 heterocycles. The van der Waals surface area contributed by atoms with Crippen LogP contribution >= 0.6 is 11.3 Å². The monoisotopic (exact) mass is 1460 g/mol. The second-order valence-corrected chi connectivity index (χ2v) is 30.3. The number of nitrogens with zero attached hydrogens (tertiary/aromatic N) is 3. The lowest BCUT2D eigenvalue weighted by Gasteiger charge is -2.27. The number of thiophene rings is 1. The summed E-state index contributed by atoms with van der Waals surface area (Å²) in [6, 6.07) is 43.0. The summed E-state index contributed by atoms with van der Waals surface area (Å²) in [5.41, 5.74) is 15.4. The smallest absolute Gasteiger partial charge is 0.345 e. The number of ether oxygens (including phenoxy) is 4. The molecule has 4 aromatic heterocycles. The van der Waals surface area contributed by atoms with E-state index in [9.17, 15) is 9.90 Å². The first kappa shape index (κ1) is 80.7. The third-order valence-corrected chi connectivity index (χ3v) is 21.6. The molecule has 0 unspecified atom stereocenters. The second kappa shape index (κ2) is 44.5. The lowest BCUT2D eigenvalue weighted by molar-refractivity contribution is 0.0702. The van der Waals surface area contributed by atoms with Crippen molar-refractivity contribution in [3.8, 4) is 57.1 Å². The van der Waals surface area contributed by atoms with E-state index in [-0.39, 0.29) is 4.88 Å². The van der Waals surface area contributed by atoms with Crippen LogP contribution in [0.15, 0.2) is 121 Å². The molecule has 0 atom stereocenters. The molecule has 11 nitrogen and oxygen atoms in total. The van der Waals surface area contributed by atoms with Gasteiger partial charge in [0.05, 0.1) is 87.5 Å². The number of benzene rings is 4. The normalized spacial score (nSPS) is 11.7. The number of hydrogen-bond acceptors (Lipinski definition) is 9. The summed E-state index contributed by atoms with van der Waals surface area (Å²) in [6.45, 7) is 15.8. The van der Waals surface area contributed by atoms with E-state index in [0.717, 1.165) is 184 Å². The number of hydrogen-bond donors (Lipinski definition) is 3. The zero-order valence-corrected chi connectivity index (χ0v) is 66.3. The average Bonchev–Trinajstić information content (AvgIpc) is 1.58. The highest BCUT2D eigenvalue weighted by Gasteiger charge is 2.27. The fraction of sp³-hybridized carbons (Fsp3) is 0.463. The number of anilines is 3. The highest BCUT2D eigenvalue weighted by molar-refractivity contribution is 7.14. The standard InChI is InChI=1S/C95H121N5O6S/c1-7-13-19-25-29-35-67-103-85-43-39-44-86(104-68-36-30-26-20-14-8-2)92(85)90-79-60-58-77(96-79)76(57-55-75-56-66-89(107-75)95(101)102)78-59-61-80(97-78)91(93-87(105-69-37-31-27-21-15-9-3)45-40-46-88(93)106-70-38-32-28-22-16-10-4)82-63-65-84(99-82)94(83-64-62-81(90)98-83)100(73-51-47-71(48-52-73)41-33-23-17-11-5)74-53-49-72(50-54-74)42-34-24-18-12-6/h39-40,43-54,56,58-66,96,99H,7-38,41-42,67-70H2,1-6H3,(H,101,102). The van der Waals surface area contributed by atoms with Crippen LogP contribution < -0.4 is 23.8 Å². The van der Waals surface area contributed by atoms with Crippen molar-refractivity contribution in [1.82, 2.24) is 19.9 Å². The van der Waals surface area contributed by atoms with Gasteiger partial charge in [0.25, 0.3) is 0 Å². The first-order chi connectivity index (χ1) is 52.7. The van der Waals surface area contributed by atoms with Crippen LogP contribution in [-0.2, 0) is 12.8 Å². The minimum absolute atomic E-state index is 0.220. The van der Waals surface area contributed by atoms with Crippen LogP contribution in [0, 0.1) is 11.8 Å². The van der Waals surface area contributed by atoms with Crippen LogP contribution in [0.1, 0.15) is 301 Å². The maximum atomic E-state index is 12.3. The van der Waals surface area contributed by atoms with Crippen molar-refractivity contribution in [2.45, 2.75) is 260 Å². The number of carbonyl (C=O) groups is 1. The number of unbranched alkanes of at least 4 members (excludes halogenated alkanes) is 26. The summed E-state index contributed by atoms with van der Waals surface area (Å²) in [5.74, 6) is 8.89. The molecule has 0 amide bonds. The molecule has 0 aliphatic carbocycles. The Morgan fingerprint density at radius 1 is 0.374 bits per heavy atom. The number of aromatic carboxylic acids is 1. The molecule has 0 radical (unpaired) electrons. The van der Waals surface area contributed by atoms with Gasteiger partial charge < -0.3 is 38.9 Å². The zero-order valence-electron chi connectivity index (χ0n) is 65.5. The van der Waals surface area contributed by atoms with E-state index in [1.807, 2.05) is 0 Å². The number of fused-ring (bicyclic) bond motifs is 8. The van der Waals surface area contributed by atoms with Crippen molar-refractivity contribution in [3.05, 3.63) is 171 Å². The number of carboxylic acid groups (broad SMARTS) is 1.